The number of aromatic hydroxyl groups is 1. The van der Waals surface area contributed by atoms with E-state index in [0.717, 1.165) is 12.1 Å². The molecule has 0 saturated heterocycles. The molecule has 0 bridgehead atoms. The molecule has 0 spiro atoms. The molecule has 0 aliphatic heterocycles. The first-order valence-electron chi connectivity index (χ1n) is 5.49. The van der Waals surface area contributed by atoms with E-state index in [2.05, 4.69) is 4.98 Å². The average Bonchev–Trinajstić information content (AvgIpc) is 2.26. The van der Waals surface area contributed by atoms with Crippen molar-refractivity contribution in [2.75, 3.05) is 0 Å². The van der Waals surface area contributed by atoms with Gasteiger partial charge in [-0.05, 0) is 24.1 Å². The van der Waals surface area contributed by atoms with Crippen LogP contribution in [-0.4, -0.2) is 10.1 Å². The van der Waals surface area contributed by atoms with Crippen LogP contribution < -0.4 is 0 Å². The lowest BCUT2D eigenvalue weighted by Crippen LogP contribution is -2.05. The van der Waals surface area contributed by atoms with E-state index in [1.165, 1.54) is 12.3 Å². The quantitative estimate of drug-likeness (QED) is 0.832. The highest BCUT2D eigenvalue weighted by Gasteiger charge is 2.31. The molecule has 2 nitrogen and oxygen atoms in total. The van der Waals surface area contributed by atoms with Crippen molar-refractivity contribution in [1.29, 1.82) is 0 Å². The molecule has 1 heterocycles. The molecule has 0 amide bonds. The number of aromatic nitrogens is 1. The number of alkyl halides is 3. The number of hydrogen-bond acceptors (Lipinski definition) is 2. The lowest BCUT2D eigenvalue weighted by Gasteiger charge is -2.13. The number of nitrogens with zero attached hydrogens (tertiary/aromatic N) is 1. The van der Waals surface area contributed by atoms with Gasteiger partial charge in [0.2, 0.25) is 0 Å². The van der Waals surface area contributed by atoms with E-state index in [9.17, 15) is 18.3 Å². The maximum Gasteiger partial charge on any atom is 0.416 e. The molecule has 1 aromatic carbocycles. The van der Waals surface area contributed by atoms with Gasteiger partial charge in [-0.3, -0.25) is 4.98 Å². The molecule has 96 valence electrons. The number of halogens is 3. The maximum absolute atomic E-state index is 12.7. The minimum atomic E-state index is -4.39. The van der Waals surface area contributed by atoms with Gasteiger partial charge < -0.3 is 5.11 Å². The minimum absolute atomic E-state index is 0.0724. The SMILES string of the molecule is CC(C)c1c(O)cnc2ccc(C(F)(F)F)cc12. The van der Waals surface area contributed by atoms with Crippen molar-refractivity contribution in [3.8, 4) is 5.75 Å². The number of pyridine rings is 1. The summed E-state index contributed by atoms with van der Waals surface area (Å²) in [6.45, 7) is 3.63. The monoisotopic (exact) mass is 255 g/mol. The second kappa shape index (κ2) is 4.15. The topological polar surface area (TPSA) is 33.1 Å². The van der Waals surface area contributed by atoms with Crippen LogP contribution in [0, 0.1) is 0 Å². The van der Waals surface area contributed by atoms with Crippen LogP contribution in [0.2, 0.25) is 0 Å². The molecule has 1 N–H and O–H groups in total. The Morgan fingerprint density at radius 2 is 1.89 bits per heavy atom. The Balaban J connectivity index is 2.77. The highest BCUT2D eigenvalue weighted by atomic mass is 19.4. The molecule has 18 heavy (non-hydrogen) atoms. The van der Waals surface area contributed by atoms with Gasteiger partial charge in [-0.15, -0.1) is 0 Å². The number of rotatable bonds is 1. The molecule has 1 aromatic heterocycles. The van der Waals surface area contributed by atoms with Gasteiger partial charge in [0, 0.05) is 10.9 Å². The van der Waals surface area contributed by atoms with Crippen LogP contribution in [0.3, 0.4) is 0 Å². The second-order valence-electron chi connectivity index (χ2n) is 4.44. The molecule has 0 radical (unpaired) electrons. The molecular weight excluding hydrogens is 243 g/mol. The zero-order valence-corrected chi connectivity index (χ0v) is 9.92. The van der Waals surface area contributed by atoms with Gasteiger partial charge in [0.1, 0.15) is 5.75 Å². The predicted octanol–water partition coefficient (Wildman–Crippen LogP) is 4.08. The van der Waals surface area contributed by atoms with Crippen molar-refractivity contribution in [3.05, 3.63) is 35.5 Å². The Bertz CT molecular complexity index is 591. The van der Waals surface area contributed by atoms with Gasteiger partial charge in [0.05, 0.1) is 17.3 Å². The number of benzene rings is 1. The molecular formula is C13H12F3NO. The first-order chi connectivity index (χ1) is 8.30. The van der Waals surface area contributed by atoms with E-state index in [1.807, 2.05) is 13.8 Å². The van der Waals surface area contributed by atoms with E-state index in [0.29, 0.717) is 16.5 Å². The molecule has 5 heteroatoms. The van der Waals surface area contributed by atoms with Gasteiger partial charge in [0.15, 0.2) is 0 Å². The van der Waals surface area contributed by atoms with Crippen molar-refractivity contribution in [1.82, 2.24) is 4.98 Å². The molecule has 0 fully saturated rings. The summed E-state index contributed by atoms with van der Waals surface area (Å²) in [5.41, 5.74) is 0.208. The smallest absolute Gasteiger partial charge is 0.416 e. The summed E-state index contributed by atoms with van der Waals surface area (Å²) in [4.78, 5) is 3.93. The van der Waals surface area contributed by atoms with E-state index < -0.39 is 11.7 Å². The molecule has 0 saturated carbocycles. The Labute approximate surface area is 102 Å². The zero-order valence-electron chi connectivity index (χ0n) is 9.92. The summed E-state index contributed by atoms with van der Waals surface area (Å²) in [5, 5.41) is 10.1. The van der Waals surface area contributed by atoms with Crippen LogP contribution in [-0.2, 0) is 6.18 Å². The standard InChI is InChI=1S/C13H12F3NO/c1-7(2)12-9-5-8(13(14,15)16)3-4-10(9)17-6-11(12)18/h3-7,18H,1-2H3. The fourth-order valence-electron chi connectivity index (χ4n) is 1.99. The van der Waals surface area contributed by atoms with Crippen molar-refractivity contribution in [2.24, 2.45) is 0 Å². The largest absolute Gasteiger partial charge is 0.506 e. The third-order valence-corrected chi connectivity index (χ3v) is 2.79. The van der Waals surface area contributed by atoms with Crippen molar-refractivity contribution >= 4 is 10.9 Å². The van der Waals surface area contributed by atoms with Gasteiger partial charge in [-0.1, -0.05) is 13.8 Å². The van der Waals surface area contributed by atoms with Gasteiger partial charge in [-0.25, -0.2) is 0 Å². The molecule has 2 aromatic rings. The van der Waals surface area contributed by atoms with Crippen LogP contribution in [0.25, 0.3) is 10.9 Å². The Hall–Kier alpha value is -1.78. The summed E-state index contributed by atoms with van der Waals surface area (Å²) in [5.74, 6) is -0.157. The van der Waals surface area contributed by atoms with E-state index in [1.54, 1.807) is 0 Å². The van der Waals surface area contributed by atoms with Crippen molar-refractivity contribution < 1.29 is 18.3 Å². The van der Waals surface area contributed by atoms with Crippen molar-refractivity contribution in [3.63, 3.8) is 0 Å². The van der Waals surface area contributed by atoms with Crippen LogP contribution in [0.15, 0.2) is 24.4 Å². The van der Waals surface area contributed by atoms with E-state index in [4.69, 9.17) is 0 Å². The van der Waals surface area contributed by atoms with Crippen LogP contribution in [0.1, 0.15) is 30.9 Å². The maximum atomic E-state index is 12.7. The fraction of sp³-hybridized carbons (Fsp3) is 0.308. The molecule has 0 aliphatic rings. The first kappa shape index (κ1) is 12.7. The lowest BCUT2D eigenvalue weighted by atomic mass is 9.96. The van der Waals surface area contributed by atoms with E-state index in [-0.39, 0.29) is 11.7 Å². The third kappa shape index (κ3) is 2.12. The predicted molar refractivity (Wildman–Crippen MR) is 62.5 cm³/mol. The summed E-state index contributed by atoms with van der Waals surface area (Å²) >= 11 is 0. The van der Waals surface area contributed by atoms with Crippen LogP contribution in [0.5, 0.6) is 5.75 Å². The lowest BCUT2D eigenvalue weighted by molar-refractivity contribution is -0.137. The summed E-state index contributed by atoms with van der Waals surface area (Å²) in [6, 6.07) is 3.36. The Morgan fingerprint density at radius 1 is 1.22 bits per heavy atom. The van der Waals surface area contributed by atoms with E-state index >= 15 is 0 Å². The van der Waals surface area contributed by atoms with Gasteiger partial charge in [-0.2, -0.15) is 13.2 Å². The summed E-state index contributed by atoms with van der Waals surface area (Å²) in [6.07, 6.45) is -3.13. The fourth-order valence-corrected chi connectivity index (χ4v) is 1.99. The zero-order chi connectivity index (χ0) is 13.5. The molecule has 2 rings (SSSR count). The second-order valence-corrected chi connectivity index (χ2v) is 4.44. The number of fused-ring (bicyclic) bond motifs is 1. The highest BCUT2D eigenvalue weighted by molar-refractivity contribution is 5.85. The molecule has 0 atom stereocenters. The summed E-state index contributed by atoms with van der Waals surface area (Å²) in [7, 11) is 0. The van der Waals surface area contributed by atoms with Crippen molar-refractivity contribution in [2.45, 2.75) is 25.9 Å². The third-order valence-electron chi connectivity index (χ3n) is 2.79. The normalized spacial score (nSPS) is 12.3. The number of hydrogen-bond donors (Lipinski definition) is 1. The summed E-state index contributed by atoms with van der Waals surface area (Å²) < 4.78 is 38.0. The van der Waals surface area contributed by atoms with Crippen LogP contribution >= 0.6 is 0 Å². The molecule has 0 aliphatic carbocycles. The Kier molecular flexibility index (Phi) is 2.92. The Morgan fingerprint density at radius 3 is 2.44 bits per heavy atom. The minimum Gasteiger partial charge on any atom is -0.506 e. The van der Waals surface area contributed by atoms with Crippen LogP contribution in [0.4, 0.5) is 13.2 Å². The molecule has 0 unspecified atom stereocenters. The average molecular weight is 255 g/mol. The van der Waals surface area contributed by atoms with Gasteiger partial charge >= 0.3 is 6.18 Å². The van der Waals surface area contributed by atoms with Gasteiger partial charge in [0.25, 0.3) is 0 Å². The highest BCUT2D eigenvalue weighted by Crippen LogP contribution is 2.36. The first-order valence-corrected chi connectivity index (χ1v) is 5.49.